The second-order valence-electron chi connectivity index (χ2n) is 5.76. The first-order valence-corrected chi connectivity index (χ1v) is 7.88. The quantitative estimate of drug-likeness (QED) is 0.570. The fourth-order valence-corrected chi connectivity index (χ4v) is 2.92. The van der Waals surface area contributed by atoms with Gasteiger partial charge in [0.1, 0.15) is 17.6 Å². The number of aryl methyl sites for hydroxylation is 1. The molecule has 0 aliphatic heterocycles. The van der Waals surface area contributed by atoms with Gasteiger partial charge in [0.05, 0.1) is 29.9 Å². The zero-order chi connectivity index (χ0) is 17.4. The van der Waals surface area contributed by atoms with Gasteiger partial charge in [0.15, 0.2) is 0 Å². The Balaban J connectivity index is 1.84. The molecule has 0 saturated heterocycles. The number of hydrogen-bond acceptors (Lipinski definition) is 4. The summed E-state index contributed by atoms with van der Waals surface area (Å²) in [5.41, 5.74) is 3.40. The van der Waals surface area contributed by atoms with Crippen LogP contribution in [0.5, 0.6) is 5.75 Å². The number of methoxy groups -OCH3 is 1. The predicted molar refractivity (Wildman–Crippen MR) is 96.3 cm³/mol. The molecule has 0 saturated carbocycles. The number of ether oxygens (including phenoxy) is 1. The van der Waals surface area contributed by atoms with E-state index in [1.54, 1.807) is 30.1 Å². The van der Waals surface area contributed by atoms with Crippen molar-refractivity contribution in [2.75, 3.05) is 7.11 Å². The van der Waals surface area contributed by atoms with Crippen LogP contribution in [0.2, 0.25) is 0 Å². The van der Waals surface area contributed by atoms with E-state index in [9.17, 15) is 4.79 Å². The second-order valence-corrected chi connectivity index (χ2v) is 5.76. The highest BCUT2D eigenvalue weighted by molar-refractivity contribution is 5.85. The van der Waals surface area contributed by atoms with E-state index in [-0.39, 0.29) is 5.43 Å². The van der Waals surface area contributed by atoms with E-state index in [4.69, 9.17) is 9.15 Å². The summed E-state index contributed by atoms with van der Waals surface area (Å²) in [4.78, 5) is 12.9. The van der Waals surface area contributed by atoms with E-state index in [2.05, 4.69) is 5.10 Å². The molecule has 0 amide bonds. The number of hydrogen-bond donors (Lipinski definition) is 0. The lowest BCUT2D eigenvalue weighted by Gasteiger charge is -2.07. The van der Waals surface area contributed by atoms with Crippen molar-refractivity contribution >= 4 is 11.0 Å². The summed E-state index contributed by atoms with van der Waals surface area (Å²) in [5.74, 6) is 0.695. The molecule has 2 heterocycles. The zero-order valence-electron chi connectivity index (χ0n) is 13.9. The first-order valence-electron chi connectivity index (χ1n) is 7.88. The summed E-state index contributed by atoms with van der Waals surface area (Å²) in [7, 11) is 1.60. The molecule has 2 aromatic heterocycles. The molecule has 0 aliphatic rings. The Morgan fingerprint density at radius 2 is 1.92 bits per heavy atom. The van der Waals surface area contributed by atoms with E-state index >= 15 is 0 Å². The van der Waals surface area contributed by atoms with Gasteiger partial charge in [0.2, 0.25) is 5.43 Å². The molecule has 0 aliphatic carbocycles. The van der Waals surface area contributed by atoms with Gasteiger partial charge in [-0.05, 0) is 31.2 Å². The maximum atomic E-state index is 12.9. The predicted octanol–water partition coefficient (Wildman–Crippen LogP) is 3.96. The molecule has 0 unspecified atom stereocenters. The fourth-order valence-electron chi connectivity index (χ4n) is 2.92. The molecule has 5 nitrogen and oxygen atoms in total. The Morgan fingerprint density at radius 1 is 1.12 bits per heavy atom. The van der Waals surface area contributed by atoms with E-state index in [1.165, 1.54) is 6.26 Å². The molecule has 0 atom stereocenters. The van der Waals surface area contributed by atoms with Gasteiger partial charge in [-0.25, -0.2) is 4.68 Å². The molecular weight excluding hydrogens is 316 g/mol. The lowest BCUT2D eigenvalue weighted by atomic mass is 10.1. The number of para-hydroxylation sites is 1. The molecule has 25 heavy (non-hydrogen) atoms. The van der Waals surface area contributed by atoms with Crippen LogP contribution in [0.3, 0.4) is 0 Å². The number of benzene rings is 2. The summed E-state index contributed by atoms with van der Waals surface area (Å²) in [5, 5.41) is 4.88. The largest absolute Gasteiger partial charge is 0.496 e. The van der Waals surface area contributed by atoms with Crippen molar-refractivity contribution in [3.05, 3.63) is 76.9 Å². The molecule has 0 fully saturated rings. The summed E-state index contributed by atoms with van der Waals surface area (Å²) < 4.78 is 12.8. The van der Waals surface area contributed by atoms with Crippen LogP contribution in [0, 0.1) is 6.92 Å². The minimum atomic E-state index is -0.0837. The normalized spacial score (nSPS) is 11.0. The third kappa shape index (κ3) is 2.50. The molecule has 4 aromatic rings. The minimum Gasteiger partial charge on any atom is -0.496 e. The summed E-state index contributed by atoms with van der Waals surface area (Å²) >= 11 is 0. The van der Waals surface area contributed by atoms with Crippen molar-refractivity contribution in [3.8, 4) is 22.6 Å². The van der Waals surface area contributed by atoms with Crippen LogP contribution in [-0.2, 0) is 0 Å². The van der Waals surface area contributed by atoms with Gasteiger partial charge in [-0.15, -0.1) is 0 Å². The van der Waals surface area contributed by atoms with Crippen LogP contribution in [0.25, 0.3) is 27.8 Å². The second kappa shape index (κ2) is 5.94. The summed E-state index contributed by atoms with van der Waals surface area (Å²) in [6, 6.07) is 13.3. The summed E-state index contributed by atoms with van der Waals surface area (Å²) in [6.07, 6.45) is 4.98. The Labute approximate surface area is 144 Å². The topological polar surface area (TPSA) is 57.3 Å². The molecule has 0 spiro atoms. The third-order valence-corrected chi connectivity index (χ3v) is 4.27. The van der Waals surface area contributed by atoms with Crippen molar-refractivity contribution in [2.45, 2.75) is 6.92 Å². The molecule has 0 bridgehead atoms. The van der Waals surface area contributed by atoms with Gasteiger partial charge in [-0.2, -0.15) is 5.10 Å². The maximum Gasteiger partial charge on any atom is 0.200 e. The van der Waals surface area contributed by atoms with Gasteiger partial charge >= 0.3 is 0 Å². The van der Waals surface area contributed by atoms with Gasteiger partial charge in [0, 0.05) is 17.3 Å². The Kier molecular flexibility index (Phi) is 3.61. The van der Waals surface area contributed by atoms with Crippen molar-refractivity contribution in [3.63, 3.8) is 0 Å². The Bertz CT molecular complexity index is 1110. The van der Waals surface area contributed by atoms with Crippen molar-refractivity contribution < 1.29 is 9.15 Å². The zero-order valence-corrected chi connectivity index (χ0v) is 13.9. The van der Waals surface area contributed by atoms with Gasteiger partial charge in [-0.3, -0.25) is 4.79 Å². The SMILES string of the molecule is COc1ccc2c(=O)c(-c3cnn(-c4ccccc4)c3)coc2c1C. The summed E-state index contributed by atoms with van der Waals surface area (Å²) in [6.45, 7) is 1.87. The van der Waals surface area contributed by atoms with Crippen LogP contribution in [0.4, 0.5) is 0 Å². The van der Waals surface area contributed by atoms with Crippen molar-refractivity contribution in [1.29, 1.82) is 0 Å². The molecule has 5 heteroatoms. The first-order chi connectivity index (χ1) is 12.2. The highest BCUT2D eigenvalue weighted by Gasteiger charge is 2.14. The fraction of sp³-hybridized carbons (Fsp3) is 0.100. The average molecular weight is 332 g/mol. The molecule has 4 rings (SSSR count). The first kappa shape index (κ1) is 15.2. The van der Waals surface area contributed by atoms with Crippen molar-refractivity contribution in [2.24, 2.45) is 0 Å². The van der Waals surface area contributed by atoms with Crippen LogP contribution >= 0.6 is 0 Å². The minimum absolute atomic E-state index is 0.0837. The van der Waals surface area contributed by atoms with Crippen LogP contribution in [0.15, 0.2) is 70.3 Å². The standard InChI is InChI=1S/C20H16N2O3/c1-13-18(24-2)9-8-16-19(23)17(12-25-20(13)16)14-10-21-22(11-14)15-6-4-3-5-7-15/h3-12H,1-2H3. The van der Waals surface area contributed by atoms with Gasteiger partial charge in [-0.1, -0.05) is 18.2 Å². The lowest BCUT2D eigenvalue weighted by Crippen LogP contribution is -2.05. The maximum absolute atomic E-state index is 12.9. The van der Waals surface area contributed by atoms with E-state index in [0.29, 0.717) is 27.8 Å². The Morgan fingerprint density at radius 3 is 2.68 bits per heavy atom. The van der Waals surface area contributed by atoms with Gasteiger partial charge in [0.25, 0.3) is 0 Å². The number of fused-ring (bicyclic) bond motifs is 1. The highest BCUT2D eigenvalue weighted by atomic mass is 16.5. The van der Waals surface area contributed by atoms with Crippen LogP contribution in [-0.4, -0.2) is 16.9 Å². The van der Waals surface area contributed by atoms with E-state index in [1.807, 2.05) is 43.5 Å². The smallest absolute Gasteiger partial charge is 0.200 e. The highest BCUT2D eigenvalue weighted by Crippen LogP contribution is 2.27. The monoisotopic (exact) mass is 332 g/mol. The van der Waals surface area contributed by atoms with E-state index in [0.717, 1.165) is 11.3 Å². The van der Waals surface area contributed by atoms with Crippen LogP contribution in [0.1, 0.15) is 5.56 Å². The molecule has 0 N–H and O–H groups in total. The molecular formula is C20H16N2O3. The van der Waals surface area contributed by atoms with E-state index < -0.39 is 0 Å². The van der Waals surface area contributed by atoms with Crippen molar-refractivity contribution in [1.82, 2.24) is 9.78 Å². The lowest BCUT2D eigenvalue weighted by molar-refractivity contribution is 0.411. The van der Waals surface area contributed by atoms with Crippen LogP contribution < -0.4 is 10.2 Å². The third-order valence-electron chi connectivity index (χ3n) is 4.27. The van der Waals surface area contributed by atoms with Gasteiger partial charge < -0.3 is 9.15 Å². The molecule has 0 radical (unpaired) electrons. The average Bonchev–Trinajstić information content (AvgIpc) is 3.13. The number of aromatic nitrogens is 2. The molecule has 124 valence electrons. The number of nitrogens with zero attached hydrogens (tertiary/aromatic N) is 2. The molecule has 2 aromatic carbocycles. The Hall–Kier alpha value is -3.34. The number of rotatable bonds is 3.